The maximum atomic E-state index is 11.4. The van der Waals surface area contributed by atoms with Crippen LogP contribution in [0, 0.1) is 0 Å². The first-order valence-corrected chi connectivity index (χ1v) is 18.7. The van der Waals surface area contributed by atoms with Gasteiger partial charge in [0.25, 0.3) is 0 Å². The monoisotopic (exact) mass is 684 g/mol. The third-order valence-corrected chi connectivity index (χ3v) is 8.08. The Hall–Kier alpha value is -5.16. The van der Waals surface area contributed by atoms with Crippen molar-refractivity contribution in [2.45, 2.75) is 90.9 Å². The fourth-order valence-corrected chi connectivity index (χ4v) is 5.36. The highest BCUT2D eigenvalue weighted by atomic mass is 16.6. The number of para-hydroxylation sites is 5. The Labute approximate surface area is 306 Å². The molecule has 51 heavy (non-hydrogen) atoms. The van der Waals surface area contributed by atoms with Crippen molar-refractivity contribution in [3.8, 4) is 0 Å². The van der Waals surface area contributed by atoms with Gasteiger partial charge in [-0.05, 0) is 73.5 Å². The van der Waals surface area contributed by atoms with Crippen LogP contribution in [0.5, 0.6) is 0 Å². The van der Waals surface area contributed by atoms with Gasteiger partial charge in [-0.15, -0.1) is 0 Å². The summed E-state index contributed by atoms with van der Waals surface area (Å²) in [6.07, 6.45) is 11.7. The molecular formula is C46H56N2O3. The summed E-state index contributed by atoms with van der Waals surface area (Å²) in [7, 11) is 0. The molecule has 0 heterocycles. The Kier molecular flexibility index (Phi) is 20.3. The Bertz CT molecular complexity index is 1430. The van der Waals surface area contributed by atoms with Crippen molar-refractivity contribution in [1.82, 2.24) is 0 Å². The summed E-state index contributed by atoms with van der Waals surface area (Å²) in [5, 5.41) is 3.30. The zero-order chi connectivity index (χ0) is 36.2. The molecule has 0 fully saturated rings. The maximum Gasteiger partial charge on any atom is 0.313 e. The average Bonchev–Trinajstić information content (AvgIpc) is 3.17. The molecule has 5 nitrogen and oxygen atoms in total. The van der Waals surface area contributed by atoms with Crippen molar-refractivity contribution < 1.29 is 14.3 Å². The molecule has 268 valence electrons. The molecule has 0 aliphatic heterocycles. The first-order chi connectivity index (χ1) is 25.1. The van der Waals surface area contributed by atoms with Crippen LogP contribution in [0.2, 0.25) is 0 Å². The number of nitrogens with one attached hydrogen (secondary N) is 1. The summed E-state index contributed by atoms with van der Waals surface area (Å²) < 4.78 is 4.79. The zero-order valence-electron chi connectivity index (χ0n) is 30.6. The first kappa shape index (κ1) is 40.3. The van der Waals surface area contributed by atoms with E-state index >= 15 is 0 Å². The van der Waals surface area contributed by atoms with Crippen LogP contribution in [0.1, 0.15) is 90.9 Å². The van der Waals surface area contributed by atoms with E-state index in [4.69, 9.17) is 4.74 Å². The molecule has 0 saturated carbocycles. The second kappa shape index (κ2) is 25.8. The second-order valence-electron chi connectivity index (χ2n) is 12.4. The highest BCUT2D eigenvalue weighted by molar-refractivity contribution is 5.85. The molecule has 0 amide bonds. The quantitative estimate of drug-likeness (QED) is 0.0600. The number of unbranched alkanes of at least 4 members (excludes halogenated alkanes) is 8. The lowest BCUT2D eigenvalue weighted by molar-refractivity contribution is -0.159. The minimum atomic E-state index is -0.352. The van der Waals surface area contributed by atoms with Gasteiger partial charge in [-0.2, -0.15) is 0 Å². The molecule has 0 saturated heterocycles. The molecule has 0 aliphatic carbocycles. The third-order valence-electron chi connectivity index (χ3n) is 8.08. The van der Waals surface area contributed by atoms with Crippen LogP contribution in [0.25, 0.3) is 0 Å². The number of hydrogen-bond donors (Lipinski definition) is 1. The normalized spacial score (nSPS) is 10.1. The van der Waals surface area contributed by atoms with Gasteiger partial charge in [-0.1, -0.05) is 156 Å². The second-order valence-corrected chi connectivity index (χ2v) is 12.4. The predicted molar refractivity (Wildman–Crippen MR) is 215 cm³/mol. The van der Waals surface area contributed by atoms with E-state index in [-0.39, 0.29) is 11.9 Å². The maximum absolute atomic E-state index is 11.4. The number of nitrogens with zero attached hydrogens (tertiary/aromatic N) is 1. The SMILES string of the molecule is CCCCCCCC(=O)OC(=O)CCCCCCC.c1ccc(N(c2ccccc2)c2ccccc2)cc1.c1ccc(Nc2ccccc2)cc1. The van der Waals surface area contributed by atoms with Crippen LogP contribution in [0.3, 0.4) is 0 Å². The Morgan fingerprint density at radius 1 is 0.431 bits per heavy atom. The van der Waals surface area contributed by atoms with Crippen LogP contribution in [0.4, 0.5) is 28.4 Å². The van der Waals surface area contributed by atoms with E-state index in [1.54, 1.807) is 0 Å². The van der Waals surface area contributed by atoms with Crippen molar-refractivity contribution in [2.24, 2.45) is 0 Å². The highest BCUT2D eigenvalue weighted by Crippen LogP contribution is 2.33. The number of anilines is 5. The minimum Gasteiger partial charge on any atom is -0.393 e. The number of rotatable bonds is 17. The molecule has 1 N–H and O–H groups in total. The molecule has 0 radical (unpaired) electrons. The number of hydrogen-bond acceptors (Lipinski definition) is 5. The molecule has 5 aromatic rings. The van der Waals surface area contributed by atoms with Gasteiger partial charge < -0.3 is 15.0 Å². The van der Waals surface area contributed by atoms with E-state index in [0.717, 1.165) is 49.9 Å². The predicted octanol–water partition coefficient (Wildman–Crippen LogP) is 13.4. The molecule has 0 spiro atoms. The van der Waals surface area contributed by atoms with Crippen LogP contribution >= 0.6 is 0 Å². The lowest BCUT2D eigenvalue weighted by Gasteiger charge is -2.25. The van der Waals surface area contributed by atoms with Gasteiger partial charge in [-0.3, -0.25) is 9.59 Å². The molecule has 0 bridgehead atoms. The number of ether oxygens (including phenoxy) is 1. The van der Waals surface area contributed by atoms with Crippen LogP contribution < -0.4 is 10.2 Å². The molecule has 5 heteroatoms. The summed E-state index contributed by atoms with van der Waals surface area (Å²) in [5.74, 6) is -0.704. The lowest BCUT2D eigenvalue weighted by Crippen LogP contribution is -2.11. The summed E-state index contributed by atoms with van der Waals surface area (Å²) >= 11 is 0. The molecule has 5 rings (SSSR count). The van der Waals surface area contributed by atoms with Crippen molar-refractivity contribution in [3.63, 3.8) is 0 Å². The topological polar surface area (TPSA) is 58.6 Å². The van der Waals surface area contributed by atoms with Gasteiger partial charge in [0.05, 0.1) is 0 Å². The third kappa shape index (κ3) is 17.4. The Balaban J connectivity index is 0.000000210. The number of carbonyl (C=O) groups excluding carboxylic acids is 2. The summed E-state index contributed by atoms with van der Waals surface area (Å²) in [6.45, 7) is 4.32. The first-order valence-electron chi connectivity index (χ1n) is 18.7. The summed E-state index contributed by atoms with van der Waals surface area (Å²) in [6, 6.07) is 51.5. The average molecular weight is 685 g/mol. The number of esters is 2. The van der Waals surface area contributed by atoms with Gasteiger partial charge in [0.2, 0.25) is 0 Å². The highest BCUT2D eigenvalue weighted by Gasteiger charge is 2.11. The van der Waals surface area contributed by atoms with Crippen molar-refractivity contribution in [1.29, 1.82) is 0 Å². The largest absolute Gasteiger partial charge is 0.393 e. The van der Waals surface area contributed by atoms with E-state index in [0.29, 0.717) is 12.8 Å². The number of carbonyl (C=O) groups is 2. The van der Waals surface area contributed by atoms with E-state index < -0.39 is 0 Å². The van der Waals surface area contributed by atoms with Crippen LogP contribution in [0.15, 0.2) is 152 Å². The minimum absolute atomic E-state index is 0.352. The van der Waals surface area contributed by atoms with Crippen molar-refractivity contribution in [3.05, 3.63) is 152 Å². The lowest BCUT2D eigenvalue weighted by atomic mass is 10.1. The fourth-order valence-electron chi connectivity index (χ4n) is 5.36. The van der Waals surface area contributed by atoms with E-state index in [1.807, 2.05) is 78.9 Å². The molecule has 5 aromatic carbocycles. The molecule has 0 atom stereocenters. The van der Waals surface area contributed by atoms with E-state index in [9.17, 15) is 9.59 Å². The smallest absolute Gasteiger partial charge is 0.313 e. The fraction of sp³-hybridized carbons (Fsp3) is 0.304. The van der Waals surface area contributed by atoms with Crippen molar-refractivity contribution >= 4 is 40.4 Å². The van der Waals surface area contributed by atoms with Crippen LogP contribution in [-0.2, 0) is 14.3 Å². The van der Waals surface area contributed by atoms with Gasteiger partial charge in [0, 0.05) is 41.3 Å². The van der Waals surface area contributed by atoms with Gasteiger partial charge in [0.1, 0.15) is 0 Å². The molecular weight excluding hydrogens is 629 g/mol. The molecule has 0 aromatic heterocycles. The Morgan fingerprint density at radius 3 is 1.04 bits per heavy atom. The van der Waals surface area contributed by atoms with E-state index in [2.05, 4.69) is 96.9 Å². The zero-order valence-corrected chi connectivity index (χ0v) is 30.6. The Morgan fingerprint density at radius 2 is 0.725 bits per heavy atom. The van der Waals surface area contributed by atoms with Gasteiger partial charge in [-0.25, -0.2) is 0 Å². The summed E-state index contributed by atoms with van der Waals surface area (Å²) in [5.41, 5.74) is 5.74. The van der Waals surface area contributed by atoms with Gasteiger partial charge >= 0.3 is 11.9 Å². The molecule has 0 aliphatic rings. The van der Waals surface area contributed by atoms with Crippen LogP contribution in [-0.4, -0.2) is 11.9 Å². The van der Waals surface area contributed by atoms with E-state index in [1.165, 1.54) is 42.7 Å². The number of benzene rings is 5. The van der Waals surface area contributed by atoms with Gasteiger partial charge in [0.15, 0.2) is 0 Å². The van der Waals surface area contributed by atoms with Crippen molar-refractivity contribution in [2.75, 3.05) is 10.2 Å². The summed E-state index contributed by atoms with van der Waals surface area (Å²) in [4.78, 5) is 25.0. The standard InChI is InChI=1S/C18H15N.C16H30O3.C12H11N/c1-4-10-16(11-5-1)19(17-12-6-2-7-13-17)18-14-8-3-9-15-18;1-3-5-7-9-11-13-15(17)19-16(18)14-12-10-8-6-4-2;1-3-7-11(8-4-1)13-12-9-5-2-6-10-12/h1-15H;3-14H2,1-2H3;1-10,13H. The molecule has 0 unspecified atom stereocenters.